The molecule has 0 fully saturated rings. The van der Waals surface area contributed by atoms with E-state index >= 15 is 0 Å². The molecule has 3 amide bonds. The number of hydrogen-bond acceptors (Lipinski definition) is 8. The molecule has 0 spiro atoms. The highest BCUT2D eigenvalue weighted by atomic mass is 16.5. The van der Waals surface area contributed by atoms with Crippen molar-refractivity contribution in [3.63, 3.8) is 0 Å². The lowest BCUT2D eigenvalue weighted by Gasteiger charge is -2.21. The number of carbonyl (C=O) groups excluding carboxylic acids is 3. The summed E-state index contributed by atoms with van der Waals surface area (Å²) in [4.78, 5) is 41.7. The molecule has 0 aliphatic heterocycles. The zero-order chi connectivity index (χ0) is 22.9. The van der Waals surface area contributed by atoms with Crippen molar-refractivity contribution in [3.05, 3.63) is 17.8 Å². The first-order valence-electron chi connectivity index (χ1n) is 10.6. The molecular weight excluding hydrogens is 408 g/mol. The summed E-state index contributed by atoms with van der Waals surface area (Å²) in [5.41, 5.74) is 0.132. The average molecular weight is 443 g/mol. The number of aromatic nitrogens is 1. The summed E-state index contributed by atoms with van der Waals surface area (Å²) in [6.45, 7) is 8.61. The molecule has 176 valence electrons. The molecule has 0 radical (unpaired) electrons. The second-order valence-electron chi connectivity index (χ2n) is 6.37. The van der Waals surface area contributed by atoms with Crippen molar-refractivity contribution in [1.82, 2.24) is 20.5 Å². The van der Waals surface area contributed by atoms with Crippen LogP contribution in [0.5, 0.6) is 0 Å². The third kappa shape index (κ3) is 11.3. The Hall–Kier alpha value is -2.66. The first-order valence-corrected chi connectivity index (χ1v) is 10.6. The highest BCUT2D eigenvalue weighted by molar-refractivity contribution is 5.91. The third-order valence-electron chi connectivity index (χ3n) is 3.96. The Bertz CT molecular complexity index is 666. The van der Waals surface area contributed by atoms with Gasteiger partial charge in [-0.2, -0.15) is 0 Å². The second kappa shape index (κ2) is 16.1. The number of nitrogens with one attached hydrogen (secondary N) is 2. The van der Waals surface area contributed by atoms with Gasteiger partial charge in [-0.05, 0) is 33.6 Å². The number of esters is 1. The lowest BCUT2D eigenvalue weighted by atomic mass is 10.4. The van der Waals surface area contributed by atoms with Crippen molar-refractivity contribution in [3.8, 4) is 0 Å². The van der Waals surface area contributed by atoms with Crippen LogP contribution in [0.2, 0.25) is 0 Å². The van der Waals surface area contributed by atoms with Crippen LogP contribution in [0.15, 0.2) is 10.7 Å². The molecule has 0 aliphatic carbocycles. The molecule has 0 saturated carbocycles. The number of amides is 3. The smallest absolute Gasteiger partial charge is 0.325 e. The fourth-order valence-electron chi connectivity index (χ4n) is 2.49. The molecule has 1 aromatic rings. The fraction of sp³-hybridized carbons (Fsp3) is 0.700. The maximum Gasteiger partial charge on any atom is 0.325 e. The summed E-state index contributed by atoms with van der Waals surface area (Å²) >= 11 is 0. The van der Waals surface area contributed by atoms with Crippen molar-refractivity contribution in [2.45, 2.75) is 40.2 Å². The van der Waals surface area contributed by atoms with Crippen LogP contribution >= 0.6 is 0 Å². The maximum atomic E-state index is 12.5. The van der Waals surface area contributed by atoms with Crippen molar-refractivity contribution in [2.24, 2.45) is 0 Å². The van der Waals surface area contributed by atoms with E-state index in [0.29, 0.717) is 52.4 Å². The lowest BCUT2D eigenvalue weighted by molar-refractivity contribution is -0.141. The number of ether oxygens (including phenoxy) is 3. The van der Waals surface area contributed by atoms with Crippen molar-refractivity contribution < 1.29 is 33.0 Å². The molecule has 11 nitrogen and oxygen atoms in total. The van der Waals surface area contributed by atoms with Crippen LogP contribution in [0.25, 0.3) is 0 Å². The van der Waals surface area contributed by atoms with Gasteiger partial charge in [-0.25, -0.2) is 9.78 Å². The molecular formula is C20H34N4O7. The van der Waals surface area contributed by atoms with Crippen molar-refractivity contribution in [1.29, 1.82) is 0 Å². The molecule has 31 heavy (non-hydrogen) atoms. The summed E-state index contributed by atoms with van der Waals surface area (Å²) in [6, 6.07) is -0.468. The first-order chi connectivity index (χ1) is 15.0. The van der Waals surface area contributed by atoms with Gasteiger partial charge in [0.2, 0.25) is 5.89 Å². The van der Waals surface area contributed by atoms with Crippen molar-refractivity contribution in [2.75, 3.05) is 52.7 Å². The van der Waals surface area contributed by atoms with Crippen LogP contribution in [0.4, 0.5) is 4.79 Å². The molecule has 0 aliphatic rings. The Morgan fingerprint density at radius 3 is 2.42 bits per heavy atom. The molecule has 0 bridgehead atoms. The predicted molar refractivity (Wildman–Crippen MR) is 111 cm³/mol. The van der Waals surface area contributed by atoms with Crippen LogP contribution in [-0.4, -0.2) is 80.5 Å². The van der Waals surface area contributed by atoms with E-state index < -0.39 is 12.0 Å². The Morgan fingerprint density at radius 1 is 1.03 bits per heavy atom. The van der Waals surface area contributed by atoms with E-state index in [1.807, 2.05) is 13.8 Å². The molecule has 0 unspecified atom stereocenters. The number of hydrogen-bond donors (Lipinski definition) is 2. The van der Waals surface area contributed by atoms with Gasteiger partial charge in [-0.3, -0.25) is 9.59 Å². The highest BCUT2D eigenvalue weighted by Gasteiger charge is 2.19. The van der Waals surface area contributed by atoms with E-state index in [4.69, 9.17) is 18.6 Å². The van der Waals surface area contributed by atoms with Gasteiger partial charge < -0.3 is 34.2 Å². The molecule has 1 heterocycles. The van der Waals surface area contributed by atoms with Gasteiger partial charge in [0, 0.05) is 39.5 Å². The van der Waals surface area contributed by atoms with E-state index in [0.717, 1.165) is 0 Å². The minimum atomic E-state index is -0.524. The fourth-order valence-corrected chi connectivity index (χ4v) is 2.49. The number of oxazole rings is 1. The minimum absolute atomic E-state index is 0.0401. The van der Waals surface area contributed by atoms with E-state index in [2.05, 4.69) is 15.6 Å². The molecule has 2 N–H and O–H groups in total. The summed E-state index contributed by atoms with van der Waals surface area (Å²) in [5, 5.41) is 5.25. The zero-order valence-corrected chi connectivity index (χ0v) is 18.6. The Kier molecular flexibility index (Phi) is 13.7. The molecule has 1 rings (SSSR count). The SMILES string of the molecule is CCOCCCNC(=O)c1coc(CN(CCCOCC)C(=O)NCC(=O)OCC)n1. The van der Waals surface area contributed by atoms with E-state index in [1.54, 1.807) is 6.92 Å². The molecule has 0 atom stereocenters. The van der Waals surface area contributed by atoms with E-state index in [9.17, 15) is 14.4 Å². The number of carbonyl (C=O) groups is 3. The molecule has 0 aromatic carbocycles. The van der Waals surface area contributed by atoms with Gasteiger partial charge in [0.25, 0.3) is 5.91 Å². The topological polar surface area (TPSA) is 132 Å². The van der Waals surface area contributed by atoms with Gasteiger partial charge in [0.1, 0.15) is 12.8 Å². The number of urea groups is 1. The number of rotatable bonds is 16. The zero-order valence-electron chi connectivity index (χ0n) is 18.6. The van der Waals surface area contributed by atoms with Crippen molar-refractivity contribution >= 4 is 17.9 Å². The first kappa shape index (κ1) is 26.4. The summed E-state index contributed by atoms with van der Waals surface area (Å²) in [7, 11) is 0. The molecule has 0 saturated heterocycles. The predicted octanol–water partition coefficient (Wildman–Crippen LogP) is 1.33. The highest BCUT2D eigenvalue weighted by Crippen LogP contribution is 2.07. The van der Waals surface area contributed by atoms with Gasteiger partial charge >= 0.3 is 12.0 Å². The summed E-state index contributed by atoms with van der Waals surface area (Å²) in [6.07, 6.45) is 2.54. The lowest BCUT2D eigenvalue weighted by Crippen LogP contribution is -2.42. The van der Waals surface area contributed by atoms with Gasteiger partial charge in [0.15, 0.2) is 5.69 Å². The van der Waals surface area contributed by atoms with Crippen LogP contribution in [0.1, 0.15) is 50.0 Å². The summed E-state index contributed by atoms with van der Waals surface area (Å²) in [5.74, 6) is -0.673. The Balaban J connectivity index is 2.61. The normalized spacial score (nSPS) is 10.5. The van der Waals surface area contributed by atoms with Crippen LogP contribution < -0.4 is 10.6 Å². The van der Waals surface area contributed by atoms with Crippen LogP contribution in [0.3, 0.4) is 0 Å². The second-order valence-corrected chi connectivity index (χ2v) is 6.37. The van der Waals surface area contributed by atoms with E-state index in [1.165, 1.54) is 11.2 Å². The van der Waals surface area contributed by atoms with Gasteiger partial charge in [0.05, 0.1) is 13.2 Å². The monoisotopic (exact) mass is 442 g/mol. The standard InChI is InChI=1S/C20H34N4O7/c1-4-28-11-7-9-21-19(26)16-15-31-17(23-16)14-24(10-8-12-29-5-2)20(27)22-13-18(25)30-6-3/h15H,4-14H2,1-3H3,(H,21,26)(H,22,27). The summed E-state index contributed by atoms with van der Waals surface area (Å²) < 4.78 is 20.7. The average Bonchev–Trinajstić information content (AvgIpc) is 3.23. The van der Waals surface area contributed by atoms with Gasteiger partial charge in [-0.15, -0.1) is 0 Å². The third-order valence-corrected chi connectivity index (χ3v) is 3.96. The molecule has 11 heteroatoms. The largest absolute Gasteiger partial charge is 0.465 e. The Morgan fingerprint density at radius 2 is 1.74 bits per heavy atom. The number of nitrogens with zero attached hydrogens (tertiary/aromatic N) is 2. The van der Waals surface area contributed by atoms with Gasteiger partial charge in [-0.1, -0.05) is 0 Å². The van der Waals surface area contributed by atoms with Crippen LogP contribution in [0, 0.1) is 0 Å². The maximum absolute atomic E-state index is 12.5. The minimum Gasteiger partial charge on any atom is -0.465 e. The van der Waals surface area contributed by atoms with E-state index in [-0.39, 0.29) is 37.2 Å². The molecule has 1 aromatic heterocycles. The quantitative estimate of drug-likeness (QED) is 0.289. The van der Waals surface area contributed by atoms with Crippen LogP contribution in [-0.2, 0) is 25.5 Å². The Labute approximate surface area is 182 Å².